The van der Waals surface area contributed by atoms with Crippen LogP contribution in [0.25, 0.3) is 0 Å². The van der Waals surface area contributed by atoms with Gasteiger partial charge in [0.2, 0.25) is 0 Å². The van der Waals surface area contributed by atoms with Crippen LogP contribution >= 0.6 is 0 Å². The molecule has 2 rings (SSSR count). The van der Waals surface area contributed by atoms with Gasteiger partial charge in [-0.05, 0) is 32.9 Å². The molecule has 14 heavy (non-hydrogen) atoms. The van der Waals surface area contributed by atoms with Gasteiger partial charge in [-0.1, -0.05) is 0 Å². The minimum atomic E-state index is -3.26. The third kappa shape index (κ3) is 1.81. The van der Waals surface area contributed by atoms with Crippen molar-refractivity contribution in [1.29, 1.82) is 0 Å². The highest BCUT2D eigenvalue weighted by Crippen LogP contribution is 2.54. The first-order chi connectivity index (χ1) is 6.44. The molecule has 1 spiro atoms. The predicted octanol–water partition coefficient (Wildman–Crippen LogP) is 0.447. The molecule has 1 aliphatic heterocycles. The van der Waals surface area contributed by atoms with E-state index < -0.39 is 10.1 Å². The normalized spacial score (nSPS) is 38.0. The van der Waals surface area contributed by atoms with Crippen molar-refractivity contribution < 1.29 is 12.6 Å². The quantitative estimate of drug-likeness (QED) is 0.646. The van der Waals surface area contributed by atoms with Gasteiger partial charge in [-0.15, -0.1) is 0 Å². The summed E-state index contributed by atoms with van der Waals surface area (Å²) in [5.74, 6) is 0.421. The Morgan fingerprint density at radius 1 is 1.57 bits per heavy atom. The fourth-order valence-corrected chi connectivity index (χ4v) is 3.01. The molecule has 0 bridgehead atoms. The lowest BCUT2D eigenvalue weighted by Crippen LogP contribution is -2.30. The fraction of sp³-hybridized carbons (Fsp3) is 1.00. The maximum Gasteiger partial charge on any atom is 0.264 e. The highest BCUT2D eigenvalue weighted by atomic mass is 32.2. The van der Waals surface area contributed by atoms with Gasteiger partial charge in [0.1, 0.15) is 0 Å². The second-order valence-corrected chi connectivity index (χ2v) is 6.16. The average molecular weight is 219 g/mol. The molecule has 1 aliphatic carbocycles. The Morgan fingerprint density at radius 3 is 2.79 bits per heavy atom. The van der Waals surface area contributed by atoms with Gasteiger partial charge in [0, 0.05) is 11.5 Å². The Hall–Kier alpha value is -0.130. The van der Waals surface area contributed by atoms with Crippen molar-refractivity contribution in [2.24, 2.45) is 5.92 Å². The maximum absolute atomic E-state index is 10.8. The molecule has 1 saturated heterocycles. The van der Waals surface area contributed by atoms with E-state index in [1.54, 1.807) is 0 Å². The Balaban J connectivity index is 1.87. The van der Waals surface area contributed by atoms with Crippen molar-refractivity contribution in [1.82, 2.24) is 4.90 Å². The van der Waals surface area contributed by atoms with Crippen molar-refractivity contribution in [3.05, 3.63) is 0 Å². The molecule has 0 amide bonds. The molecular weight excluding hydrogens is 202 g/mol. The maximum atomic E-state index is 10.8. The molecule has 0 radical (unpaired) electrons. The summed E-state index contributed by atoms with van der Waals surface area (Å²) in [6.07, 6.45) is 4.63. The van der Waals surface area contributed by atoms with Crippen LogP contribution in [0.3, 0.4) is 0 Å². The fourth-order valence-electron chi connectivity index (χ4n) is 2.60. The standard InChI is InChI=1S/C9H17NO3S/c1-10-5-3-4-9(10)6-8(9)7-13-14(2,11)12/h8H,3-7H2,1-2H3. The minimum Gasteiger partial charge on any atom is -0.300 e. The van der Waals surface area contributed by atoms with E-state index in [4.69, 9.17) is 4.18 Å². The van der Waals surface area contributed by atoms with Gasteiger partial charge in [-0.3, -0.25) is 4.18 Å². The molecule has 0 aromatic carbocycles. The van der Waals surface area contributed by atoms with Crippen LogP contribution in [0.5, 0.6) is 0 Å². The lowest BCUT2D eigenvalue weighted by atomic mass is 10.1. The summed E-state index contributed by atoms with van der Waals surface area (Å²) in [6, 6.07) is 0. The van der Waals surface area contributed by atoms with E-state index in [0.29, 0.717) is 12.5 Å². The molecule has 2 unspecified atom stereocenters. The molecule has 1 saturated carbocycles. The van der Waals surface area contributed by atoms with E-state index >= 15 is 0 Å². The Labute approximate surface area is 85.4 Å². The zero-order valence-electron chi connectivity index (χ0n) is 8.69. The number of hydrogen-bond acceptors (Lipinski definition) is 4. The van der Waals surface area contributed by atoms with E-state index in [9.17, 15) is 8.42 Å². The first kappa shape index (κ1) is 10.4. The van der Waals surface area contributed by atoms with Crippen molar-refractivity contribution >= 4 is 10.1 Å². The first-order valence-electron chi connectivity index (χ1n) is 5.00. The second kappa shape index (κ2) is 3.18. The zero-order valence-corrected chi connectivity index (χ0v) is 9.51. The van der Waals surface area contributed by atoms with Crippen LogP contribution in [0, 0.1) is 5.92 Å². The van der Waals surface area contributed by atoms with E-state index in [-0.39, 0.29) is 5.54 Å². The van der Waals surface area contributed by atoms with Gasteiger partial charge >= 0.3 is 0 Å². The van der Waals surface area contributed by atoms with E-state index in [0.717, 1.165) is 19.2 Å². The Kier molecular flexibility index (Phi) is 2.36. The zero-order chi connectivity index (χ0) is 10.4. The number of rotatable bonds is 3. The summed E-state index contributed by atoms with van der Waals surface area (Å²) in [6.45, 7) is 1.50. The van der Waals surface area contributed by atoms with Crippen LogP contribution in [-0.2, 0) is 14.3 Å². The minimum absolute atomic E-state index is 0.282. The lowest BCUT2D eigenvalue weighted by Gasteiger charge is -2.19. The summed E-state index contributed by atoms with van der Waals surface area (Å²) >= 11 is 0. The topological polar surface area (TPSA) is 46.6 Å². The predicted molar refractivity (Wildman–Crippen MR) is 53.5 cm³/mol. The van der Waals surface area contributed by atoms with Crippen molar-refractivity contribution in [2.75, 3.05) is 26.5 Å². The Morgan fingerprint density at radius 2 is 2.29 bits per heavy atom. The summed E-state index contributed by atoms with van der Waals surface area (Å²) in [4.78, 5) is 2.35. The van der Waals surface area contributed by atoms with E-state index in [1.807, 2.05) is 0 Å². The van der Waals surface area contributed by atoms with Crippen molar-refractivity contribution in [2.45, 2.75) is 24.8 Å². The van der Waals surface area contributed by atoms with Gasteiger partial charge in [0.25, 0.3) is 10.1 Å². The van der Waals surface area contributed by atoms with E-state index in [2.05, 4.69) is 11.9 Å². The first-order valence-corrected chi connectivity index (χ1v) is 6.81. The third-order valence-corrected chi connectivity index (χ3v) is 4.11. The van der Waals surface area contributed by atoms with Crippen molar-refractivity contribution in [3.8, 4) is 0 Å². The SMILES string of the molecule is CN1CCCC12CC2COS(C)(=O)=O. The van der Waals surface area contributed by atoms with Crippen molar-refractivity contribution in [3.63, 3.8) is 0 Å². The van der Waals surface area contributed by atoms with Gasteiger partial charge in [-0.25, -0.2) is 0 Å². The van der Waals surface area contributed by atoms with Gasteiger partial charge < -0.3 is 4.90 Å². The molecule has 2 atom stereocenters. The largest absolute Gasteiger partial charge is 0.300 e. The van der Waals surface area contributed by atoms with Gasteiger partial charge in [-0.2, -0.15) is 8.42 Å². The average Bonchev–Trinajstić information content (AvgIpc) is 2.63. The number of hydrogen-bond donors (Lipinski definition) is 0. The van der Waals surface area contributed by atoms with Gasteiger partial charge in [0.05, 0.1) is 12.9 Å². The number of nitrogens with zero attached hydrogens (tertiary/aromatic N) is 1. The number of likely N-dealkylation sites (tertiary alicyclic amines) is 1. The molecule has 0 aromatic rings. The molecule has 82 valence electrons. The van der Waals surface area contributed by atoms with Gasteiger partial charge in [0.15, 0.2) is 0 Å². The third-order valence-electron chi connectivity index (χ3n) is 3.55. The monoisotopic (exact) mass is 219 g/mol. The van der Waals surface area contributed by atoms with Crippen LogP contribution in [0.4, 0.5) is 0 Å². The molecule has 2 aliphatic rings. The summed E-state index contributed by atoms with van der Waals surface area (Å²) in [7, 11) is -1.14. The molecule has 5 heteroatoms. The molecule has 1 heterocycles. The Bertz CT molecular complexity index is 327. The molecular formula is C9H17NO3S. The summed E-state index contributed by atoms with van der Waals surface area (Å²) < 4.78 is 26.5. The lowest BCUT2D eigenvalue weighted by molar-refractivity contribution is 0.227. The highest BCUT2D eigenvalue weighted by Gasteiger charge is 2.58. The van der Waals surface area contributed by atoms with Crippen LogP contribution in [-0.4, -0.2) is 45.3 Å². The molecule has 4 nitrogen and oxygen atoms in total. The highest BCUT2D eigenvalue weighted by molar-refractivity contribution is 7.85. The second-order valence-electron chi connectivity index (χ2n) is 4.52. The van der Waals surface area contributed by atoms with E-state index in [1.165, 1.54) is 12.8 Å². The van der Waals surface area contributed by atoms with Crippen LogP contribution in [0.15, 0.2) is 0 Å². The molecule has 2 fully saturated rings. The summed E-state index contributed by atoms with van der Waals surface area (Å²) in [5.41, 5.74) is 0.282. The molecule has 0 aromatic heterocycles. The molecule has 0 N–H and O–H groups in total. The smallest absolute Gasteiger partial charge is 0.264 e. The summed E-state index contributed by atoms with van der Waals surface area (Å²) in [5, 5.41) is 0. The van der Waals surface area contributed by atoms with Crippen LogP contribution < -0.4 is 0 Å². The van der Waals surface area contributed by atoms with Crippen LogP contribution in [0.2, 0.25) is 0 Å². The van der Waals surface area contributed by atoms with Crippen LogP contribution in [0.1, 0.15) is 19.3 Å².